The van der Waals surface area contributed by atoms with Gasteiger partial charge in [-0.3, -0.25) is 4.79 Å². The lowest BCUT2D eigenvalue weighted by Crippen LogP contribution is -2.30. The van der Waals surface area contributed by atoms with Crippen molar-refractivity contribution in [2.45, 2.75) is 51.1 Å². The first-order chi connectivity index (χ1) is 12.0. The van der Waals surface area contributed by atoms with Crippen LogP contribution in [-0.2, 0) is 4.79 Å². The number of hydrogen-bond donors (Lipinski definition) is 3. The molecular weight excluding hydrogens is 322 g/mol. The van der Waals surface area contributed by atoms with E-state index >= 15 is 0 Å². The van der Waals surface area contributed by atoms with Crippen LogP contribution in [0.3, 0.4) is 0 Å². The van der Waals surface area contributed by atoms with Gasteiger partial charge in [-0.1, -0.05) is 12.8 Å². The number of carbonyl (C=O) groups is 2. The van der Waals surface area contributed by atoms with Gasteiger partial charge in [0.1, 0.15) is 0 Å². The van der Waals surface area contributed by atoms with Crippen LogP contribution >= 0.6 is 0 Å². The smallest absolute Gasteiger partial charge is 0.315 e. The van der Waals surface area contributed by atoms with Gasteiger partial charge in [0, 0.05) is 24.2 Å². The van der Waals surface area contributed by atoms with Gasteiger partial charge in [0.15, 0.2) is 11.5 Å². The van der Waals surface area contributed by atoms with Crippen molar-refractivity contribution in [1.29, 1.82) is 0 Å². The Balaban J connectivity index is 1.66. The molecule has 1 saturated heterocycles. The molecule has 7 nitrogen and oxygen atoms in total. The number of rotatable bonds is 9. The average molecular weight is 349 g/mol. The molecule has 0 spiro atoms. The van der Waals surface area contributed by atoms with E-state index in [1.165, 1.54) is 0 Å². The summed E-state index contributed by atoms with van der Waals surface area (Å²) in [5.41, 5.74) is 0.691. The molecule has 0 aliphatic carbocycles. The van der Waals surface area contributed by atoms with E-state index in [0.717, 1.165) is 25.7 Å². The number of methoxy groups -OCH3 is 2. The fourth-order valence-electron chi connectivity index (χ4n) is 2.93. The van der Waals surface area contributed by atoms with Crippen molar-refractivity contribution in [3.8, 4) is 11.5 Å². The third-order valence-electron chi connectivity index (χ3n) is 4.37. The van der Waals surface area contributed by atoms with Gasteiger partial charge in [0.05, 0.1) is 20.3 Å². The molecule has 0 radical (unpaired) electrons. The maximum Gasteiger partial charge on any atom is 0.315 e. The third kappa shape index (κ3) is 5.55. The molecule has 0 bridgehead atoms. The second kappa shape index (κ2) is 9.15. The SMILES string of the molecule is COc1ccc(NC(=O)CCCCC[C@@H]2NC(=O)N[C@@H]2C)cc1OC. The summed E-state index contributed by atoms with van der Waals surface area (Å²) in [7, 11) is 3.14. The van der Waals surface area contributed by atoms with E-state index in [1.807, 2.05) is 6.92 Å². The monoisotopic (exact) mass is 349 g/mol. The molecule has 25 heavy (non-hydrogen) atoms. The Hall–Kier alpha value is -2.44. The molecular formula is C18H27N3O4. The number of unbranched alkanes of at least 4 members (excludes halogenated alkanes) is 2. The maximum absolute atomic E-state index is 12.0. The molecule has 1 aliphatic rings. The van der Waals surface area contributed by atoms with Crippen LogP contribution in [0, 0.1) is 0 Å². The quantitative estimate of drug-likeness (QED) is 0.598. The maximum atomic E-state index is 12.0. The molecule has 3 N–H and O–H groups in total. The minimum Gasteiger partial charge on any atom is -0.493 e. The normalized spacial score (nSPS) is 19.1. The number of amides is 3. The van der Waals surface area contributed by atoms with Crippen LogP contribution in [0.2, 0.25) is 0 Å². The van der Waals surface area contributed by atoms with E-state index in [-0.39, 0.29) is 24.0 Å². The fourth-order valence-corrected chi connectivity index (χ4v) is 2.93. The average Bonchev–Trinajstić information content (AvgIpc) is 2.91. The minimum absolute atomic E-state index is 0.0172. The molecule has 1 aliphatic heterocycles. The number of urea groups is 1. The zero-order valence-electron chi connectivity index (χ0n) is 15.1. The molecule has 1 heterocycles. The lowest BCUT2D eigenvalue weighted by molar-refractivity contribution is -0.116. The third-order valence-corrected chi connectivity index (χ3v) is 4.37. The first kappa shape index (κ1) is 18.9. The molecule has 0 saturated carbocycles. The first-order valence-corrected chi connectivity index (χ1v) is 8.62. The topological polar surface area (TPSA) is 88.7 Å². The second-order valence-corrected chi connectivity index (χ2v) is 6.23. The van der Waals surface area contributed by atoms with Gasteiger partial charge < -0.3 is 25.4 Å². The van der Waals surface area contributed by atoms with Crippen molar-refractivity contribution in [3.05, 3.63) is 18.2 Å². The number of carbonyl (C=O) groups excluding carboxylic acids is 2. The van der Waals surface area contributed by atoms with Crippen LogP contribution in [0.15, 0.2) is 18.2 Å². The molecule has 1 aromatic carbocycles. The van der Waals surface area contributed by atoms with Gasteiger partial charge >= 0.3 is 6.03 Å². The Bertz CT molecular complexity index is 606. The number of nitrogens with one attached hydrogen (secondary N) is 3. The molecule has 2 atom stereocenters. The van der Waals surface area contributed by atoms with Crippen molar-refractivity contribution >= 4 is 17.6 Å². The molecule has 2 rings (SSSR count). The van der Waals surface area contributed by atoms with Crippen LogP contribution < -0.4 is 25.4 Å². The van der Waals surface area contributed by atoms with Crippen molar-refractivity contribution in [2.24, 2.45) is 0 Å². The highest BCUT2D eigenvalue weighted by Crippen LogP contribution is 2.29. The summed E-state index contributed by atoms with van der Waals surface area (Å²) < 4.78 is 10.4. The van der Waals surface area contributed by atoms with Crippen LogP contribution in [0.1, 0.15) is 39.0 Å². The van der Waals surface area contributed by atoms with Gasteiger partial charge in [-0.15, -0.1) is 0 Å². The number of benzene rings is 1. The van der Waals surface area contributed by atoms with Gasteiger partial charge in [0.25, 0.3) is 0 Å². The number of anilines is 1. The lowest BCUT2D eigenvalue weighted by atomic mass is 10.0. The van der Waals surface area contributed by atoms with Crippen LogP contribution in [0.25, 0.3) is 0 Å². The van der Waals surface area contributed by atoms with E-state index in [1.54, 1.807) is 32.4 Å². The second-order valence-electron chi connectivity index (χ2n) is 6.23. The van der Waals surface area contributed by atoms with E-state index in [0.29, 0.717) is 23.6 Å². The molecule has 138 valence electrons. The van der Waals surface area contributed by atoms with Gasteiger partial charge in [-0.05, 0) is 31.9 Å². The van der Waals surface area contributed by atoms with Gasteiger partial charge in [-0.2, -0.15) is 0 Å². The van der Waals surface area contributed by atoms with Gasteiger partial charge in [-0.25, -0.2) is 4.79 Å². The van der Waals surface area contributed by atoms with Crippen molar-refractivity contribution in [2.75, 3.05) is 19.5 Å². The summed E-state index contributed by atoms with van der Waals surface area (Å²) in [4.78, 5) is 23.2. The summed E-state index contributed by atoms with van der Waals surface area (Å²) in [6, 6.07) is 5.56. The standard InChI is InChI=1S/C18H27N3O4/c1-12-14(21-18(23)19-12)7-5-4-6-8-17(22)20-13-9-10-15(24-2)16(11-13)25-3/h9-12,14H,4-8H2,1-3H3,(H,20,22)(H2,19,21,23)/t12-,14+/m1/s1. The zero-order valence-corrected chi connectivity index (χ0v) is 15.1. The summed E-state index contributed by atoms with van der Waals surface area (Å²) in [5, 5.41) is 8.61. The fraction of sp³-hybridized carbons (Fsp3) is 0.556. The Morgan fingerprint density at radius 2 is 1.88 bits per heavy atom. The Morgan fingerprint density at radius 1 is 1.12 bits per heavy atom. The first-order valence-electron chi connectivity index (χ1n) is 8.62. The van der Waals surface area contributed by atoms with Crippen molar-refractivity contribution < 1.29 is 19.1 Å². The van der Waals surface area contributed by atoms with E-state index in [4.69, 9.17) is 9.47 Å². The minimum atomic E-state index is -0.0909. The largest absolute Gasteiger partial charge is 0.493 e. The Labute approximate surface area is 148 Å². The molecule has 0 unspecified atom stereocenters. The number of ether oxygens (including phenoxy) is 2. The van der Waals surface area contributed by atoms with Gasteiger partial charge in [0.2, 0.25) is 5.91 Å². The molecule has 3 amide bonds. The lowest BCUT2D eigenvalue weighted by Gasteiger charge is -2.13. The van der Waals surface area contributed by atoms with Crippen molar-refractivity contribution in [3.63, 3.8) is 0 Å². The molecule has 7 heteroatoms. The Kier molecular flexibility index (Phi) is 6.91. The highest BCUT2D eigenvalue weighted by Gasteiger charge is 2.26. The highest BCUT2D eigenvalue weighted by molar-refractivity contribution is 5.91. The Morgan fingerprint density at radius 3 is 2.52 bits per heavy atom. The zero-order chi connectivity index (χ0) is 18.2. The van der Waals surface area contributed by atoms with E-state index in [9.17, 15) is 9.59 Å². The van der Waals surface area contributed by atoms with Crippen LogP contribution in [0.4, 0.5) is 10.5 Å². The van der Waals surface area contributed by atoms with Crippen molar-refractivity contribution in [1.82, 2.24) is 10.6 Å². The predicted octanol–water partition coefficient (Wildman–Crippen LogP) is 2.66. The van der Waals surface area contributed by atoms with Crippen LogP contribution in [-0.4, -0.2) is 38.2 Å². The molecule has 0 aromatic heterocycles. The van der Waals surface area contributed by atoms with Crippen LogP contribution in [0.5, 0.6) is 11.5 Å². The summed E-state index contributed by atoms with van der Waals surface area (Å²) in [6.45, 7) is 2.00. The molecule has 1 fully saturated rings. The number of hydrogen-bond acceptors (Lipinski definition) is 4. The highest BCUT2D eigenvalue weighted by atomic mass is 16.5. The van der Waals surface area contributed by atoms with E-state index in [2.05, 4.69) is 16.0 Å². The summed E-state index contributed by atoms with van der Waals surface area (Å²) in [5.74, 6) is 1.20. The summed E-state index contributed by atoms with van der Waals surface area (Å²) >= 11 is 0. The molecule has 1 aromatic rings. The van der Waals surface area contributed by atoms with E-state index < -0.39 is 0 Å². The summed E-state index contributed by atoms with van der Waals surface area (Å²) in [6.07, 6.45) is 4.16. The predicted molar refractivity (Wildman–Crippen MR) is 96.2 cm³/mol.